The summed E-state index contributed by atoms with van der Waals surface area (Å²) in [6.07, 6.45) is 8.99. The fourth-order valence-electron chi connectivity index (χ4n) is 5.92. The number of thioether (sulfide) groups is 1. The van der Waals surface area contributed by atoms with E-state index in [1.54, 1.807) is 25.3 Å². The van der Waals surface area contributed by atoms with E-state index in [2.05, 4.69) is 21.6 Å². The molecule has 3 atom stereocenters. The zero-order valence-electron chi connectivity index (χ0n) is 21.2. The Morgan fingerprint density at radius 1 is 1.25 bits per heavy atom. The number of aliphatic hydroxyl groups is 1. The van der Waals surface area contributed by atoms with E-state index in [-0.39, 0.29) is 23.8 Å². The molecule has 4 rings (SSSR count). The Morgan fingerprint density at radius 3 is 2.81 bits per heavy atom. The molecular formula is C28H39FN2O4S. The minimum Gasteiger partial charge on any atom is -0.497 e. The number of carboxylic acids is 1. The molecule has 2 unspecified atom stereocenters. The lowest BCUT2D eigenvalue weighted by Gasteiger charge is -2.38. The van der Waals surface area contributed by atoms with Crippen LogP contribution >= 0.6 is 11.8 Å². The number of pyridine rings is 1. The van der Waals surface area contributed by atoms with Crippen molar-refractivity contribution in [3.8, 4) is 5.75 Å². The van der Waals surface area contributed by atoms with Crippen molar-refractivity contribution in [2.75, 3.05) is 32.5 Å². The van der Waals surface area contributed by atoms with Gasteiger partial charge in [-0.2, -0.15) is 11.8 Å². The number of likely N-dealkylation sites (tertiary alicyclic amines) is 1. The van der Waals surface area contributed by atoms with Crippen molar-refractivity contribution in [3.05, 3.63) is 35.8 Å². The van der Waals surface area contributed by atoms with Gasteiger partial charge in [0.2, 0.25) is 0 Å². The SMILES string of the molecule is COc1ccc2ncc(F)c([C@H](O)CCC3CCN(CCSC4CCCCC4)CC3CC(=O)O)c2c1. The molecule has 2 aliphatic rings. The minimum atomic E-state index is -0.988. The maximum Gasteiger partial charge on any atom is 0.303 e. The minimum absolute atomic E-state index is 0.0438. The van der Waals surface area contributed by atoms with Crippen LogP contribution in [0.1, 0.15) is 69.5 Å². The fourth-order valence-corrected chi connectivity index (χ4v) is 7.29. The number of methoxy groups -OCH3 is 1. The molecule has 198 valence electrons. The second-order valence-electron chi connectivity index (χ2n) is 10.3. The summed E-state index contributed by atoms with van der Waals surface area (Å²) in [7, 11) is 1.55. The third kappa shape index (κ3) is 7.11. The van der Waals surface area contributed by atoms with Gasteiger partial charge in [-0.1, -0.05) is 19.3 Å². The molecule has 0 bridgehead atoms. The second-order valence-corrected chi connectivity index (χ2v) is 11.7. The zero-order valence-corrected chi connectivity index (χ0v) is 22.0. The molecule has 2 heterocycles. The lowest BCUT2D eigenvalue weighted by molar-refractivity contribution is -0.139. The van der Waals surface area contributed by atoms with Crippen LogP contribution in [0.2, 0.25) is 0 Å². The number of nitrogens with zero attached hydrogens (tertiary/aromatic N) is 2. The van der Waals surface area contributed by atoms with Crippen LogP contribution in [0, 0.1) is 17.7 Å². The molecule has 2 aromatic rings. The highest BCUT2D eigenvalue weighted by Crippen LogP contribution is 2.36. The molecule has 0 amide bonds. The van der Waals surface area contributed by atoms with Crippen molar-refractivity contribution >= 4 is 28.6 Å². The van der Waals surface area contributed by atoms with Crippen LogP contribution in [0.15, 0.2) is 24.4 Å². The predicted octanol–water partition coefficient (Wildman–Crippen LogP) is 5.67. The number of aliphatic carboxylic acids is 1. The molecule has 0 radical (unpaired) electrons. The number of aliphatic hydroxyl groups excluding tert-OH is 1. The lowest BCUT2D eigenvalue weighted by Crippen LogP contribution is -2.42. The summed E-state index contributed by atoms with van der Waals surface area (Å²) in [5, 5.41) is 21.9. The van der Waals surface area contributed by atoms with Crippen LogP contribution in [0.5, 0.6) is 5.75 Å². The first-order valence-corrected chi connectivity index (χ1v) is 14.4. The first-order chi connectivity index (χ1) is 17.4. The number of carbonyl (C=O) groups is 1. The van der Waals surface area contributed by atoms with Gasteiger partial charge >= 0.3 is 5.97 Å². The van der Waals surface area contributed by atoms with E-state index in [1.165, 1.54) is 32.1 Å². The average molecular weight is 519 g/mol. The molecule has 1 aliphatic heterocycles. The molecule has 36 heavy (non-hydrogen) atoms. The summed E-state index contributed by atoms with van der Waals surface area (Å²) in [4.78, 5) is 18.2. The number of rotatable bonds is 11. The molecular weight excluding hydrogens is 479 g/mol. The highest BCUT2D eigenvalue weighted by molar-refractivity contribution is 7.99. The van der Waals surface area contributed by atoms with E-state index in [0.29, 0.717) is 29.5 Å². The molecule has 1 aromatic carbocycles. The number of carboxylic acid groups (broad SMARTS) is 1. The van der Waals surface area contributed by atoms with Gasteiger partial charge < -0.3 is 19.8 Å². The zero-order chi connectivity index (χ0) is 25.5. The number of halogens is 1. The maximum atomic E-state index is 14.8. The van der Waals surface area contributed by atoms with Crippen LogP contribution in [0.4, 0.5) is 4.39 Å². The highest BCUT2D eigenvalue weighted by atomic mass is 32.2. The highest BCUT2D eigenvalue weighted by Gasteiger charge is 2.31. The first kappa shape index (κ1) is 27.1. The third-order valence-corrected chi connectivity index (χ3v) is 9.30. The van der Waals surface area contributed by atoms with Crippen molar-refractivity contribution in [2.24, 2.45) is 11.8 Å². The van der Waals surface area contributed by atoms with E-state index in [1.807, 2.05) is 0 Å². The Bertz CT molecular complexity index is 1020. The Balaban J connectivity index is 1.35. The number of aromatic nitrogens is 1. The van der Waals surface area contributed by atoms with Crippen LogP contribution in [-0.4, -0.2) is 63.8 Å². The molecule has 1 saturated heterocycles. The summed E-state index contributed by atoms with van der Waals surface area (Å²) in [6, 6.07) is 5.23. The van der Waals surface area contributed by atoms with E-state index in [0.717, 1.165) is 43.3 Å². The fraction of sp³-hybridized carbons (Fsp3) is 0.643. The predicted molar refractivity (Wildman–Crippen MR) is 142 cm³/mol. The van der Waals surface area contributed by atoms with Crippen molar-refractivity contribution in [3.63, 3.8) is 0 Å². The normalized spacial score (nSPS) is 22.5. The van der Waals surface area contributed by atoms with Crippen LogP contribution in [-0.2, 0) is 4.79 Å². The Hall–Kier alpha value is -1.90. The summed E-state index contributed by atoms with van der Waals surface area (Å²) in [5.74, 6) is 0.619. The third-order valence-electron chi connectivity index (χ3n) is 7.94. The lowest BCUT2D eigenvalue weighted by atomic mass is 9.79. The van der Waals surface area contributed by atoms with Gasteiger partial charge in [-0.25, -0.2) is 4.39 Å². The number of ether oxygens (including phenoxy) is 1. The van der Waals surface area contributed by atoms with Gasteiger partial charge in [-0.15, -0.1) is 0 Å². The Kier molecular flexibility index (Phi) is 9.85. The summed E-state index contributed by atoms with van der Waals surface area (Å²) < 4.78 is 20.1. The molecule has 1 saturated carbocycles. The topological polar surface area (TPSA) is 82.9 Å². The van der Waals surface area contributed by atoms with Crippen molar-refractivity contribution in [1.29, 1.82) is 0 Å². The van der Waals surface area contributed by atoms with E-state index < -0.39 is 17.9 Å². The summed E-state index contributed by atoms with van der Waals surface area (Å²) >= 11 is 2.08. The quantitative estimate of drug-likeness (QED) is 0.396. The monoisotopic (exact) mass is 518 g/mol. The van der Waals surface area contributed by atoms with Crippen LogP contribution in [0.3, 0.4) is 0 Å². The number of hydrogen-bond donors (Lipinski definition) is 2. The van der Waals surface area contributed by atoms with Gasteiger partial charge in [0.15, 0.2) is 0 Å². The van der Waals surface area contributed by atoms with Crippen molar-refractivity contribution < 1.29 is 24.1 Å². The summed E-state index contributed by atoms with van der Waals surface area (Å²) in [6.45, 7) is 2.73. The first-order valence-electron chi connectivity index (χ1n) is 13.3. The molecule has 1 aromatic heterocycles. The number of fused-ring (bicyclic) bond motifs is 1. The standard InChI is InChI=1S/C28H39FN2O4S/c1-35-21-8-9-25-23(16-21)28(24(29)17-30-25)26(32)10-7-19-11-12-31(18-20(19)15-27(33)34)13-14-36-22-5-3-2-4-6-22/h8-9,16-17,19-20,22,26,32H,2-7,10-15,18H2,1H3,(H,33,34)/t19?,20?,26-/m1/s1. The molecule has 2 N–H and O–H groups in total. The Labute approximate surface area is 217 Å². The molecule has 2 fully saturated rings. The second kappa shape index (κ2) is 13.1. The smallest absolute Gasteiger partial charge is 0.303 e. The average Bonchev–Trinajstić information content (AvgIpc) is 2.88. The van der Waals surface area contributed by atoms with Gasteiger partial charge in [-0.05, 0) is 68.7 Å². The van der Waals surface area contributed by atoms with Gasteiger partial charge in [0.1, 0.15) is 11.6 Å². The molecule has 1 aliphatic carbocycles. The Morgan fingerprint density at radius 2 is 2.06 bits per heavy atom. The number of hydrogen-bond acceptors (Lipinski definition) is 6. The maximum absolute atomic E-state index is 14.8. The van der Waals surface area contributed by atoms with Gasteiger partial charge in [-0.3, -0.25) is 9.78 Å². The number of benzene rings is 1. The van der Waals surface area contributed by atoms with E-state index in [9.17, 15) is 19.4 Å². The van der Waals surface area contributed by atoms with E-state index >= 15 is 0 Å². The van der Waals surface area contributed by atoms with Gasteiger partial charge in [0.25, 0.3) is 0 Å². The largest absolute Gasteiger partial charge is 0.497 e. The molecule has 0 spiro atoms. The summed E-state index contributed by atoms with van der Waals surface area (Å²) in [5.41, 5.74) is 0.847. The molecule has 8 heteroatoms. The van der Waals surface area contributed by atoms with Crippen molar-refractivity contribution in [1.82, 2.24) is 9.88 Å². The van der Waals surface area contributed by atoms with E-state index in [4.69, 9.17) is 4.74 Å². The number of piperidine rings is 1. The van der Waals surface area contributed by atoms with Crippen molar-refractivity contribution in [2.45, 2.75) is 69.1 Å². The van der Waals surface area contributed by atoms with Crippen LogP contribution < -0.4 is 4.74 Å². The molecule has 6 nitrogen and oxygen atoms in total. The van der Waals surface area contributed by atoms with Gasteiger partial charge in [0.05, 0.1) is 24.9 Å². The van der Waals surface area contributed by atoms with Gasteiger partial charge in [0, 0.05) is 41.5 Å². The van der Waals surface area contributed by atoms with Crippen LogP contribution in [0.25, 0.3) is 10.9 Å².